The van der Waals surface area contributed by atoms with Crippen LogP contribution in [0.3, 0.4) is 0 Å². The third-order valence-electron chi connectivity index (χ3n) is 3.80. The summed E-state index contributed by atoms with van der Waals surface area (Å²) in [5.74, 6) is 0.0853. The predicted molar refractivity (Wildman–Crippen MR) is 81.6 cm³/mol. The summed E-state index contributed by atoms with van der Waals surface area (Å²) >= 11 is 0. The summed E-state index contributed by atoms with van der Waals surface area (Å²) in [6.45, 7) is 8.32. The number of nitrogens with zero attached hydrogens (tertiary/aromatic N) is 1. The fraction of sp³-hybridized carbons (Fsp3) is 0.667. The summed E-state index contributed by atoms with van der Waals surface area (Å²) in [4.78, 5) is 3.66. The van der Waals surface area contributed by atoms with Crippen molar-refractivity contribution in [1.29, 1.82) is 0 Å². The van der Waals surface area contributed by atoms with Crippen molar-refractivity contribution in [3.63, 3.8) is 0 Å². The average molecular weight is 316 g/mol. The van der Waals surface area contributed by atoms with Crippen molar-refractivity contribution in [3.05, 3.63) is 17.8 Å². The van der Waals surface area contributed by atoms with E-state index in [0.29, 0.717) is 0 Å². The maximum absolute atomic E-state index is 12.8. The molecule has 0 radical (unpaired) electrons. The number of nitrogen functional groups attached to an aromatic ring is 1. The van der Waals surface area contributed by atoms with Gasteiger partial charge in [-0.1, -0.05) is 0 Å². The summed E-state index contributed by atoms with van der Waals surface area (Å²) in [6.07, 6.45) is -2.10. The van der Waals surface area contributed by atoms with Crippen LogP contribution in [0.2, 0.25) is 0 Å². The molecule has 7 heteroatoms. The zero-order valence-electron chi connectivity index (χ0n) is 13.3. The number of alkyl halides is 3. The lowest BCUT2D eigenvalue weighted by Gasteiger charge is -2.47. The van der Waals surface area contributed by atoms with Gasteiger partial charge in [0.25, 0.3) is 0 Å². The molecule has 1 saturated heterocycles. The summed E-state index contributed by atoms with van der Waals surface area (Å²) in [7, 11) is 0. The number of halogens is 3. The van der Waals surface area contributed by atoms with Gasteiger partial charge in [-0.3, -0.25) is 0 Å². The number of rotatable bonds is 2. The minimum atomic E-state index is -4.43. The Bertz CT molecular complexity index is 536. The van der Waals surface area contributed by atoms with Gasteiger partial charge in [0.1, 0.15) is 5.82 Å². The summed E-state index contributed by atoms with van der Waals surface area (Å²) in [5, 5.41) is 6.68. The third-order valence-corrected chi connectivity index (χ3v) is 3.80. The van der Waals surface area contributed by atoms with Crippen LogP contribution >= 0.6 is 0 Å². The highest BCUT2D eigenvalue weighted by molar-refractivity contribution is 5.63. The monoisotopic (exact) mass is 316 g/mol. The van der Waals surface area contributed by atoms with Crippen molar-refractivity contribution >= 4 is 11.5 Å². The molecule has 124 valence electrons. The van der Waals surface area contributed by atoms with Gasteiger partial charge < -0.3 is 16.4 Å². The molecule has 0 bridgehead atoms. The molecule has 1 fully saturated rings. The zero-order chi connectivity index (χ0) is 16.8. The lowest BCUT2D eigenvalue weighted by atomic mass is 9.79. The molecule has 1 aliphatic heterocycles. The summed E-state index contributed by atoms with van der Waals surface area (Å²) in [5.41, 5.74) is 4.96. The number of piperidine rings is 1. The first kappa shape index (κ1) is 16.9. The lowest BCUT2D eigenvalue weighted by Crippen LogP contribution is -2.60. The summed E-state index contributed by atoms with van der Waals surface area (Å²) in [6, 6.07) is 1.06. The van der Waals surface area contributed by atoms with Gasteiger partial charge in [-0.2, -0.15) is 13.2 Å². The fourth-order valence-electron chi connectivity index (χ4n) is 3.39. The van der Waals surface area contributed by atoms with E-state index in [-0.39, 0.29) is 28.6 Å². The Balaban J connectivity index is 2.23. The first-order valence-electron chi connectivity index (χ1n) is 7.27. The number of hydrogen-bond donors (Lipinski definition) is 3. The van der Waals surface area contributed by atoms with E-state index in [2.05, 4.69) is 43.3 Å². The Labute approximate surface area is 128 Å². The Kier molecular flexibility index (Phi) is 4.06. The Morgan fingerprint density at radius 1 is 1.23 bits per heavy atom. The van der Waals surface area contributed by atoms with E-state index < -0.39 is 11.7 Å². The van der Waals surface area contributed by atoms with Crippen LogP contribution in [0.1, 0.15) is 46.1 Å². The molecule has 0 aliphatic carbocycles. The van der Waals surface area contributed by atoms with E-state index in [0.717, 1.165) is 25.1 Å². The maximum Gasteiger partial charge on any atom is 0.417 e. The van der Waals surface area contributed by atoms with Gasteiger partial charge in [0.05, 0.1) is 11.3 Å². The van der Waals surface area contributed by atoms with Gasteiger partial charge >= 0.3 is 6.18 Å². The van der Waals surface area contributed by atoms with Crippen LogP contribution in [0.25, 0.3) is 0 Å². The Morgan fingerprint density at radius 3 is 2.27 bits per heavy atom. The molecule has 4 nitrogen and oxygen atoms in total. The lowest BCUT2D eigenvalue weighted by molar-refractivity contribution is -0.137. The van der Waals surface area contributed by atoms with Gasteiger partial charge in [0, 0.05) is 23.3 Å². The maximum atomic E-state index is 12.8. The van der Waals surface area contributed by atoms with E-state index >= 15 is 0 Å². The smallest absolute Gasteiger partial charge is 0.382 e. The van der Waals surface area contributed by atoms with Gasteiger partial charge in [-0.05, 0) is 46.6 Å². The molecule has 0 amide bonds. The minimum absolute atomic E-state index is 0.0267. The van der Waals surface area contributed by atoms with Crippen molar-refractivity contribution in [2.75, 3.05) is 11.1 Å². The predicted octanol–water partition coefficient (Wildman–Crippen LogP) is 3.40. The van der Waals surface area contributed by atoms with Crippen molar-refractivity contribution in [2.45, 2.75) is 63.8 Å². The van der Waals surface area contributed by atoms with Crippen molar-refractivity contribution < 1.29 is 13.2 Å². The summed E-state index contributed by atoms with van der Waals surface area (Å²) < 4.78 is 38.4. The Hall–Kier alpha value is -1.50. The second-order valence-corrected chi connectivity index (χ2v) is 7.30. The molecule has 1 aliphatic rings. The van der Waals surface area contributed by atoms with Crippen LogP contribution in [-0.4, -0.2) is 22.1 Å². The van der Waals surface area contributed by atoms with Crippen molar-refractivity contribution in [2.24, 2.45) is 0 Å². The molecule has 4 N–H and O–H groups in total. The van der Waals surface area contributed by atoms with E-state index in [1.807, 2.05) is 0 Å². The normalized spacial score (nSPS) is 21.6. The standard InChI is InChI=1S/C15H23F3N4/c1-13(2)6-10(7-14(3,4)22-13)21-11-5-9(15(16,17)18)8-20-12(11)19/h5,8,10,21-22H,6-7H2,1-4H3,(H2,19,20). The number of nitrogens with one attached hydrogen (secondary N) is 2. The average Bonchev–Trinajstić information content (AvgIpc) is 2.26. The molecular formula is C15H23F3N4. The molecular weight excluding hydrogens is 293 g/mol. The van der Waals surface area contributed by atoms with Gasteiger partial charge in [0.2, 0.25) is 0 Å². The van der Waals surface area contributed by atoms with Crippen LogP contribution in [-0.2, 0) is 6.18 Å². The first-order chi connectivity index (χ1) is 9.88. The number of anilines is 2. The van der Waals surface area contributed by atoms with Crippen molar-refractivity contribution in [3.8, 4) is 0 Å². The quantitative estimate of drug-likeness (QED) is 0.782. The second-order valence-electron chi connectivity index (χ2n) is 7.30. The van der Waals surface area contributed by atoms with Gasteiger partial charge in [0.15, 0.2) is 0 Å². The highest BCUT2D eigenvalue weighted by Crippen LogP contribution is 2.34. The van der Waals surface area contributed by atoms with Crippen LogP contribution in [0, 0.1) is 0 Å². The number of hydrogen-bond acceptors (Lipinski definition) is 4. The van der Waals surface area contributed by atoms with E-state index in [1.165, 1.54) is 0 Å². The molecule has 0 spiro atoms. The van der Waals surface area contributed by atoms with E-state index in [4.69, 9.17) is 5.73 Å². The van der Waals surface area contributed by atoms with Crippen LogP contribution in [0.4, 0.5) is 24.7 Å². The highest BCUT2D eigenvalue weighted by atomic mass is 19.4. The van der Waals surface area contributed by atoms with Crippen LogP contribution in [0.5, 0.6) is 0 Å². The molecule has 1 aromatic heterocycles. The van der Waals surface area contributed by atoms with Gasteiger partial charge in [-0.15, -0.1) is 0 Å². The molecule has 0 unspecified atom stereocenters. The topological polar surface area (TPSA) is 63.0 Å². The molecule has 2 heterocycles. The number of pyridine rings is 1. The largest absolute Gasteiger partial charge is 0.417 e. The second kappa shape index (κ2) is 5.30. The fourth-order valence-corrected chi connectivity index (χ4v) is 3.39. The first-order valence-corrected chi connectivity index (χ1v) is 7.27. The number of aromatic nitrogens is 1. The Morgan fingerprint density at radius 2 is 1.77 bits per heavy atom. The van der Waals surface area contributed by atoms with E-state index in [1.54, 1.807) is 0 Å². The minimum Gasteiger partial charge on any atom is -0.382 e. The molecule has 2 rings (SSSR count). The van der Waals surface area contributed by atoms with Gasteiger partial charge in [-0.25, -0.2) is 4.98 Å². The molecule has 22 heavy (non-hydrogen) atoms. The molecule has 0 atom stereocenters. The SMILES string of the molecule is CC1(C)CC(Nc2cc(C(F)(F)F)cnc2N)CC(C)(C)N1. The number of nitrogens with two attached hydrogens (primary N) is 1. The van der Waals surface area contributed by atoms with E-state index in [9.17, 15) is 13.2 Å². The molecule has 0 saturated carbocycles. The highest BCUT2D eigenvalue weighted by Gasteiger charge is 2.38. The zero-order valence-corrected chi connectivity index (χ0v) is 13.3. The van der Waals surface area contributed by atoms with Crippen molar-refractivity contribution in [1.82, 2.24) is 10.3 Å². The molecule has 1 aromatic rings. The van der Waals surface area contributed by atoms with Crippen LogP contribution < -0.4 is 16.4 Å². The third kappa shape index (κ3) is 4.03. The van der Waals surface area contributed by atoms with Crippen LogP contribution in [0.15, 0.2) is 12.3 Å². The molecule has 0 aromatic carbocycles.